The number of nitrogens with zero attached hydrogens (tertiary/aromatic N) is 2. The summed E-state index contributed by atoms with van der Waals surface area (Å²) in [6.07, 6.45) is 3.84. The van der Waals surface area contributed by atoms with E-state index in [1.165, 1.54) is 4.90 Å². The summed E-state index contributed by atoms with van der Waals surface area (Å²) in [5, 5.41) is 3.15. The van der Waals surface area contributed by atoms with Gasteiger partial charge in [0.05, 0.1) is 0 Å². The highest BCUT2D eigenvalue weighted by molar-refractivity contribution is 7.98. The Kier molecular flexibility index (Phi) is 4.27. The Morgan fingerprint density at radius 2 is 1.89 bits per heavy atom. The van der Waals surface area contributed by atoms with Crippen LogP contribution < -0.4 is 11.1 Å². The third-order valence-electron chi connectivity index (χ3n) is 2.82. The van der Waals surface area contributed by atoms with Gasteiger partial charge >= 0.3 is 0 Å². The SMILES string of the molecule is CSc1ccc(Nc2ncc(C(C)C)c(N)n2)cc1. The molecule has 0 radical (unpaired) electrons. The molecule has 0 saturated heterocycles. The van der Waals surface area contributed by atoms with Gasteiger partial charge in [-0.1, -0.05) is 13.8 Å². The van der Waals surface area contributed by atoms with Crippen LogP contribution in [0.15, 0.2) is 35.4 Å². The van der Waals surface area contributed by atoms with Gasteiger partial charge in [-0.3, -0.25) is 0 Å². The van der Waals surface area contributed by atoms with Crippen molar-refractivity contribution >= 4 is 29.2 Å². The van der Waals surface area contributed by atoms with E-state index in [-0.39, 0.29) is 0 Å². The van der Waals surface area contributed by atoms with Gasteiger partial charge in [0, 0.05) is 22.3 Å². The Bertz CT molecular complexity index is 552. The van der Waals surface area contributed by atoms with E-state index in [9.17, 15) is 0 Å². The molecule has 0 fully saturated rings. The van der Waals surface area contributed by atoms with Crippen molar-refractivity contribution in [1.29, 1.82) is 0 Å². The molecule has 0 bridgehead atoms. The first-order valence-corrected chi connectivity index (χ1v) is 7.36. The highest BCUT2D eigenvalue weighted by Gasteiger charge is 2.07. The first kappa shape index (κ1) is 13.7. The van der Waals surface area contributed by atoms with Crippen molar-refractivity contribution < 1.29 is 0 Å². The topological polar surface area (TPSA) is 63.8 Å². The molecule has 5 heteroatoms. The minimum atomic E-state index is 0.329. The van der Waals surface area contributed by atoms with Crippen molar-refractivity contribution in [2.24, 2.45) is 0 Å². The quantitative estimate of drug-likeness (QED) is 0.833. The van der Waals surface area contributed by atoms with E-state index in [0.29, 0.717) is 17.7 Å². The number of nitrogens with one attached hydrogen (secondary N) is 1. The highest BCUT2D eigenvalue weighted by atomic mass is 32.2. The maximum absolute atomic E-state index is 5.93. The molecule has 1 heterocycles. The fraction of sp³-hybridized carbons (Fsp3) is 0.286. The van der Waals surface area contributed by atoms with Gasteiger partial charge in [0.2, 0.25) is 5.95 Å². The Morgan fingerprint density at radius 1 is 1.21 bits per heavy atom. The van der Waals surface area contributed by atoms with Crippen LogP contribution in [0.5, 0.6) is 0 Å². The zero-order chi connectivity index (χ0) is 13.8. The number of rotatable bonds is 4. The number of benzene rings is 1. The van der Waals surface area contributed by atoms with Crippen LogP contribution in [-0.2, 0) is 0 Å². The Morgan fingerprint density at radius 3 is 2.42 bits per heavy atom. The van der Waals surface area contributed by atoms with E-state index < -0.39 is 0 Å². The molecule has 2 aromatic rings. The van der Waals surface area contributed by atoms with Crippen LogP contribution in [0.3, 0.4) is 0 Å². The van der Waals surface area contributed by atoms with Gasteiger partial charge in [-0.25, -0.2) is 4.98 Å². The minimum absolute atomic E-state index is 0.329. The van der Waals surface area contributed by atoms with Gasteiger partial charge < -0.3 is 11.1 Å². The van der Waals surface area contributed by atoms with Crippen molar-refractivity contribution in [3.05, 3.63) is 36.0 Å². The monoisotopic (exact) mass is 274 g/mol. The van der Waals surface area contributed by atoms with Crippen molar-refractivity contribution in [2.75, 3.05) is 17.3 Å². The number of anilines is 3. The molecule has 0 amide bonds. The zero-order valence-corrected chi connectivity index (χ0v) is 12.2. The fourth-order valence-corrected chi connectivity index (χ4v) is 2.12. The molecule has 0 aliphatic rings. The summed E-state index contributed by atoms with van der Waals surface area (Å²) in [4.78, 5) is 9.80. The second-order valence-electron chi connectivity index (χ2n) is 4.54. The molecule has 0 aliphatic heterocycles. The van der Waals surface area contributed by atoms with Crippen molar-refractivity contribution in [2.45, 2.75) is 24.7 Å². The first-order chi connectivity index (χ1) is 9.10. The number of hydrogen-bond donors (Lipinski definition) is 2. The van der Waals surface area contributed by atoms with Crippen molar-refractivity contribution in [3.63, 3.8) is 0 Å². The molecule has 0 spiro atoms. The van der Waals surface area contributed by atoms with E-state index in [0.717, 1.165) is 11.3 Å². The molecule has 2 rings (SSSR count). The molecule has 19 heavy (non-hydrogen) atoms. The Hall–Kier alpha value is -1.75. The summed E-state index contributed by atoms with van der Waals surface area (Å²) in [7, 11) is 0. The Balaban J connectivity index is 2.16. The lowest BCUT2D eigenvalue weighted by Gasteiger charge is -2.10. The predicted molar refractivity (Wildman–Crippen MR) is 82.0 cm³/mol. The molecule has 0 atom stereocenters. The lowest BCUT2D eigenvalue weighted by Crippen LogP contribution is -2.04. The molecule has 0 aliphatic carbocycles. The minimum Gasteiger partial charge on any atom is -0.383 e. The van der Waals surface area contributed by atoms with E-state index in [1.807, 2.05) is 12.1 Å². The van der Waals surface area contributed by atoms with Gasteiger partial charge in [-0.2, -0.15) is 4.98 Å². The second kappa shape index (κ2) is 5.93. The van der Waals surface area contributed by atoms with E-state index in [2.05, 4.69) is 47.5 Å². The molecule has 0 saturated carbocycles. The first-order valence-electron chi connectivity index (χ1n) is 6.13. The molecule has 100 valence electrons. The van der Waals surface area contributed by atoms with Crippen LogP contribution in [0.4, 0.5) is 17.5 Å². The van der Waals surface area contributed by atoms with E-state index in [4.69, 9.17) is 5.73 Å². The fourth-order valence-electron chi connectivity index (χ4n) is 1.71. The maximum atomic E-state index is 5.93. The summed E-state index contributed by atoms with van der Waals surface area (Å²) in [6, 6.07) is 8.11. The molecular weight excluding hydrogens is 256 g/mol. The third kappa shape index (κ3) is 3.38. The van der Waals surface area contributed by atoms with Gasteiger partial charge in [0.25, 0.3) is 0 Å². The number of aromatic nitrogens is 2. The average Bonchev–Trinajstić information content (AvgIpc) is 2.39. The van der Waals surface area contributed by atoms with Crippen LogP contribution in [0.2, 0.25) is 0 Å². The third-order valence-corrected chi connectivity index (χ3v) is 3.56. The second-order valence-corrected chi connectivity index (χ2v) is 5.42. The number of nitrogens with two attached hydrogens (primary N) is 1. The molecule has 1 aromatic heterocycles. The van der Waals surface area contributed by atoms with Crippen molar-refractivity contribution in [3.8, 4) is 0 Å². The number of thioether (sulfide) groups is 1. The number of nitrogen functional groups attached to an aromatic ring is 1. The summed E-state index contributed by atoms with van der Waals surface area (Å²) in [6.45, 7) is 4.15. The predicted octanol–water partition coefficient (Wildman–Crippen LogP) is 3.65. The Labute approximate surface area is 117 Å². The summed E-state index contributed by atoms with van der Waals surface area (Å²) in [5.41, 5.74) is 7.86. The lowest BCUT2D eigenvalue weighted by molar-refractivity contribution is 0.852. The zero-order valence-electron chi connectivity index (χ0n) is 11.3. The van der Waals surface area contributed by atoms with Gasteiger partial charge in [-0.05, 0) is 36.4 Å². The van der Waals surface area contributed by atoms with Gasteiger partial charge in [0.1, 0.15) is 5.82 Å². The molecule has 0 unspecified atom stereocenters. The average molecular weight is 274 g/mol. The maximum Gasteiger partial charge on any atom is 0.229 e. The van der Waals surface area contributed by atoms with Crippen LogP contribution in [-0.4, -0.2) is 16.2 Å². The van der Waals surface area contributed by atoms with E-state index in [1.54, 1.807) is 18.0 Å². The summed E-state index contributed by atoms with van der Waals surface area (Å²) < 4.78 is 0. The van der Waals surface area contributed by atoms with Crippen LogP contribution in [0.25, 0.3) is 0 Å². The van der Waals surface area contributed by atoms with E-state index >= 15 is 0 Å². The highest BCUT2D eigenvalue weighted by Crippen LogP contribution is 2.22. The normalized spacial score (nSPS) is 10.7. The standard InChI is InChI=1S/C14H18N4S/c1-9(2)12-8-16-14(18-13(12)15)17-10-4-6-11(19-3)7-5-10/h4-9H,1-3H3,(H3,15,16,17,18). The smallest absolute Gasteiger partial charge is 0.229 e. The molecule has 4 nitrogen and oxygen atoms in total. The van der Waals surface area contributed by atoms with Crippen LogP contribution in [0.1, 0.15) is 25.3 Å². The number of hydrogen-bond acceptors (Lipinski definition) is 5. The molecule has 1 aromatic carbocycles. The van der Waals surface area contributed by atoms with Gasteiger partial charge in [0.15, 0.2) is 0 Å². The van der Waals surface area contributed by atoms with Gasteiger partial charge in [-0.15, -0.1) is 11.8 Å². The summed E-state index contributed by atoms with van der Waals surface area (Å²) in [5.74, 6) is 1.39. The van der Waals surface area contributed by atoms with Crippen LogP contribution in [0, 0.1) is 0 Å². The largest absolute Gasteiger partial charge is 0.383 e. The summed E-state index contributed by atoms with van der Waals surface area (Å²) >= 11 is 1.71. The molecular formula is C14H18N4S. The van der Waals surface area contributed by atoms with Crippen LogP contribution >= 0.6 is 11.8 Å². The molecule has 3 N–H and O–H groups in total. The van der Waals surface area contributed by atoms with Crippen molar-refractivity contribution in [1.82, 2.24) is 9.97 Å². The lowest BCUT2D eigenvalue weighted by atomic mass is 10.1.